The van der Waals surface area contributed by atoms with Gasteiger partial charge in [-0.05, 0) is 30.7 Å². The van der Waals surface area contributed by atoms with E-state index in [0.29, 0.717) is 17.7 Å². The van der Waals surface area contributed by atoms with Gasteiger partial charge in [-0.15, -0.1) is 0 Å². The van der Waals surface area contributed by atoms with Crippen LogP contribution in [0.15, 0.2) is 18.2 Å². The van der Waals surface area contributed by atoms with Gasteiger partial charge in [-0.1, -0.05) is 12.1 Å². The summed E-state index contributed by atoms with van der Waals surface area (Å²) in [6.45, 7) is 2.52. The van der Waals surface area contributed by atoms with Gasteiger partial charge < -0.3 is 15.5 Å². The van der Waals surface area contributed by atoms with Crippen LogP contribution >= 0.6 is 11.8 Å². The van der Waals surface area contributed by atoms with Crippen molar-refractivity contribution in [3.63, 3.8) is 0 Å². The van der Waals surface area contributed by atoms with Crippen molar-refractivity contribution in [2.45, 2.75) is 13.3 Å². The number of rotatable bonds is 7. The van der Waals surface area contributed by atoms with Gasteiger partial charge in [0.15, 0.2) is 0 Å². The van der Waals surface area contributed by atoms with Crippen molar-refractivity contribution < 1.29 is 15.0 Å². The second kappa shape index (κ2) is 8.00. The maximum atomic E-state index is 11.8. The van der Waals surface area contributed by atoms with E-state index in [1.807, 2.05) is 0 Å². The number of thioether (sulfide) groups is 1. The summed E-state index contributed by atoms with van der Waals surface area (Å²) in [5.74, 6) is 1.49. The number of phenolic OH excluding ortho intramolecular Hbond substituents is 1. The van der Waals surface area contributed by atoms with Gasteiger partial charge in [0.1, 0.15) is 5.75 Å². The molecule has 5 heteroatoms. The number of para-hydroxylation sites is 1. The average Bonchev–Trinajstić information content (AvgIpc) is 2.36. The Morgan fingerprint density at radius 1 is 1.39 bits per heavy atom. The number of hydrogen-bond acceptors (Lipinski definition) is 4. The monoisotopic (exact) mass is 269 g/mol. The molecule has 0 aliphatic rings. The molecule has 0 bridgehead atoms. The van der Waals surface area contributed by atoms with Gasteiger partial charge in [0.25, 0.3) is 5.91 Å². The molecule has 0 unspecified atom stereocenters. The Balaban J connectivity index is 2.35. The fourth-order valence-electron chi connectivity index (χ4n) is 1.44. The zero-order chi connectivity index (χ0) is 13.4. The minimum absolute atomic E-state index is 0.0444. The molecule has 18 heavy (non-hydrogen) atoms. The minimum Gasteiger partial charge on any atom is -0.507 e. The second-order valence-corrected chi connectivity index (χ2v) is 5.14. The first-order valence-corrected chi connectivity index (χ1v) is 7.07. The topological polar surface area (TPSA) is 69.6 Å². The fraction of sp³-hybridized carbons (Fsp3) is 0.462. The number of carbonyl (C=O) groups excluding carboxylic acids is 1. The average molecular weight is 269 g/mol. The highest BCUT2D eigenvalue weighted by atomic mass is 32.2. The van der Waals surface area contributed by atoms with E-state index in [1.165, 1.54) is 0 Å². The highest BCUT2D eigenvalue weighted by Gasteiger charge is 2.11. The Labute approximate surface area is 111 Å². The number of carbonyl (C=O) groups is 1. The summed E-state index contributed by atoms with van der Waals surface area (Å²) in [7, 11) is 0. The molecule has 0 fully saturated rings. The molecule has 0 spiro atoms. The van der Waals surface area contributed by atoms with Crippen LogP contribution in [0, 0.1) is 6.92 Å². The number of amides is 1. The van der Waals surface area contributed by atoms with Crippen molar-refractivity contribution >= 4 is 17.7 Å². The highest BCUT2D eigenvalue weighted by molar-refractivity contribution is 7.99. The van der Waals surface area contributed by atoms with E-state index in [9.17, 15) is 9.90 Å². The lowest BCUT2D eigenvalue weighted by Crippen LogP contribution is -2.26. The smallest absolute Gasteiger partial charge is 0.255 e. The number of aromatic hydroxyl groups is 1. The second-order valence-electron chi connectivity index (χ2n) is 3.92. The van der Waals surface area contributed by atoms with Crippen LogP contribution in [0.2, 0.25) is 0 Å². The van der Waals surface area contributed by atoms with Crippen LogP contribution in [0.4, 0.5) is 0 Å². The van der Waals surface area contributed by atoms with Crippen LogP contribution in [0.1, 0.15) is 22.3 Å². The zero-order valence-corrected chi connectivity index (χ0v) is 11.3. The summed E-state index contributed by atoms with van der Waals surface area (Å²) in [5.41, 5.74) is 1.01. The van der Waals surface area contributed by atoms with Gasteiger partial charge >= 0.3 is 0 Å². The van der Waals surface area contributed by atoms with Crippen molar-refractivity contribution in [3.8, 4) is 5.75 Å². The summed E-state index contributed by atoms with van der Waals surface area (Å²) >= 11 is 1.69. The van der Waals surface area contributed by atoms with Crippen LogP contribution in [0.5, 0.6) is 5.75 Å². The Morgan fingerprint density at radius 2 is 2.17 bits per heavy atom. The Hall–Kier alpha value is -1.20. The summed E-state index contributed by atoms with van der Waals surface area (Å²) in [5, 5.41) is 21.1. The molecule has 0 radical (unpaired) electrons. The third-order valence-electron chi connectivity index (χ3n) is 2.46. The highest BCUT2D eigenvalue weighted by Crippen LogP contribution is 2.20. The fourth-order valence-corrected chi connectivity index (χ4v) is 2.23. The van der Waals surface area contributed by atoms with E-state index in [0.717, 1.165) is 17.9 Å². The SMILES string of the molecule is Cc1cccc(C(=O)NCCSCCCO)c1O. The van der Waals surface area contributed by atoms with Crippen molar-refractivity contribution in [1.29, 1.82) is 0 Å². The molecule has 1 rings (SSSR count). The molecule has 1 aromatic carbocycles. The molecule has 1 amide bonds. The number of phenols is 1. The van der Waals surface area contributed by atoms with Gasteiger partial charge in [-0.3, -0.25) is 4.79 Å². The van der Waals surface area contributed by atoms with Crippen molar-refractivity contribution in [1.82, 2.24) is 5.32 Å². The van der Waals surface area contributed by atoms with Crippen LogP contribution in [0.25, 0.3) is 0 Å². The summed E-state index contributed by atoms with van der Waals surface area (Å²) < 4.78 is 0. The molecular formula is C13H19NO3S. The lowest BCUT2D eigenvalue weighted by Gasteiger charge is -2.08. The number of aliphatic hydroxyl groups excluding tert-OH is 1. The minimum atomic E-state index is -0.251. The van der Waals surface area contributed by atoms with Gasteiger partial charge in [-0.2, -0.15) is 11.8 Å². The standard InChI is InChI=1S/C13H19NO3S/c1-10-4-2-5-11(12(10)16)13(17)14-6-9-18-8-3-7-15/h2,4-5,15-16H,3,6-9H2,1H3,(H,14,17). The molecule has 0 aromatic heterocycles. The molecule has 0 aliphatic carbocycles. The van der Waals surface area contributed by atoms with Crippen LogP contribution in [-0.2, 0) is 0 Å². The van der Waals surface area contributed by atoms with Crippen molar-refractivity contribution in [3.05, 3.63) is 29.3 Å². The summed E-state index contributed by atoms with van der Waals surface area (Å²) in [6, 6.07) is 5.12. The Kier molecular flexibility index (Phi) is 6.60. The van der Waals surface area contributed by atoms with Gasteiger partial charge in [-0.25, -0.2) is 0 Å². The lowest BCUT2D eigenvalue weighted by molar-refractivity contribution is 0.0953. The maximum absolute atomic E-state index is 11.8. The number of nitrogens with one attached hydrogen (secondary N) is 1. The first kappa shape index (κ1) is 14.9. The molecule has 0 atom stereocenters. The normalized spacial score (nSPS) is 10.3. The first-order valence-electron chi connectivity index (χ1n) is 5.92. The van der Waals surface area contributed by atoms with Gasteiger partial charge in [0.05, 0.1) is 5.56 Å². The predicted molar refractivity (Wildman–Crippen MR) is 74.2 cm³/mol. The molecule has 0 saturated carbocycles. The third-order valence-corrected chi connectivity index (χ3v) is 3.53. The molecule has 1 aromatic rings. The molecule has 0 saturated heterocycles. The Bertz CT molecular complexity index is 396. The third kappa shape index (κ3) is 4.58. The predicted octanol–water partition coefficient (Wildman–Crippen LogP) is 1.55. The molecular weight excluding hydrogens is 250 g/mol. The van der Waals surface area contributed by atoms with E-state index >= 15 is 0 Å². The van der Waals surface area contributed by atoms with Gasteiger partial charge in [0.2, 0.25) is 0 Å². The summed E-state index contributed by atoms with van der Waals surface area (Å²) in [6.07, 6.45) is 0.775. The van der Waals surface area contributed by atoms with E-state index in [4.69, 9.17) is 5.11 Å². The van der Waals surface area contributed by atoms with E-state index in [1.54, 1.807) is 36.9 Å². The largest absolute Gasteiger partial charge is 0.507 e. The van der Waals surface area contributed by atoms with Crippen molar-refractivity contribution in [2.75, 3.05) is 24.7 Å². The number of aryl methyl sites for hydroxylation is 1. The van der Waals surface area contributed by atoms with Crippen LogP contribution in [0.3, 0.4) is 0 Å². The molecule has 3 N–H and O–H groups in total. The van der Waals surface area contributed by atoms with Crippen LogP contribution in [-0.4, -0.2) is 40.8 Å². The van der Waals surface area contributed by atoms with E-state index in [-0.39, 0.29) is 18.3 Å². The number of benzene rings is 1. The Morgan fingerprint density at radius 3 is 2.89 bits per heavy atom. The maximum Gasteiger partial charge on any atom is 0.255 e. The van der Waals surface area contributed by atoms with Crippen molar-refractivity contribution in [2.24, 2.45) is 0 Å². The molecule has 0 heterocycles. The van der Waals surface area contributed by atoms with E-state index in [2.05, 4.69) is 5.32 Å². The van der Waals surface area contributed by atoms with Gasteiger partial charge in [0, 0.05) is 18.9 Å². The van der Waals surface area contributed by atoms with E-state index < -0.39 is 0 Å². The first-order chi connectivity index (χ1) is 8.66. The molecule has 0 aliphatic heterocycles. The number of hydrogen-bond donors (Lipinski definition) is 3. The number of aliphatic hydroxyl groups is 1. The quantitative estimate of drug-likeness (QED) is 0.657. The zero-order valence-electron chi connectivity index (χ0n) is 10.5. The lowest BCUT2D eigenvalue weighted by atomic mass is 10.1. The summed E-state index contributed by atoms with van der Waals surface area (Å²) in [4.78, 5) is 11.8. The molecule has 100 valence electrons. The molecule has 4 nitrogen and oxygen atoms in total. The van der Waals surface area contributed by atoms with Crippen LogP contribution < -0.4 is 5.32 Å².